The molecule has 1 atom stereocenters. The van der Waals surface area contributed by atoms with Crippen LogP contribution < -0.4 is 10.5 Å². The molecule has 1 aromatic rings. The van der Waals surface area contributed by atoms with E-state index in [1.54, 1.807) is 17.1 Å². The van der Waals surface area contributed by atoms with Gasteiger partial charge in [-0.25, -0.2) is 8.42 Å². The van der Waals surface area contributed by atoms with Gasteiger partial charge < -0.3 is 10.5 Å². The monoisotopic (exact) mass is 259 g/mol. The molecule has 17 heavy (non-hydrogen) atoms. The first kappa shape index (κ1) is 12.4. The number of ether oxygens (including phenoxy) is 1. The van der Waals surface area contributed by atoms with Gasteiger partial charge in [0.25, 0.3) is 0 Å². The summed E-state index contributed by atoms with van der Waals surface area (Å²) in [6, 6.07) is 0. The van der Waals surface area contributed by atoms with Crippen molar-refractivity contribution in [1.82, 2.24) is 9.78 Å². The molecule has 96 valence electrons. The van der Waals surface area contributed by atoms with Gasteiger partial charge in [-0.1, -0.05) is 0 Å². The molecule has 0 spiro atoms. The van der Waals surface area contributed by atoms with Gasteiger partial charge in [0.1, 0.15) is 0 Å². The Morgan fingerprint density at radius 2 is 2.41 bits per heavy atom. The van der Waals surface area contributed by atoms with Crippen LogP contribution in [0.25, 0.3) is 0 Å². The number of aromatic nitrogens is 2. The van der Waals surface area contributed by atoms with E-state index < -0.39 is 9.84 Å². The van der Waals surface area contributed by atoms with E-state index in [0.29, 0.717) is 31.9 Å². The number of hydrogen-bond acceptors (Lipinski definition) is 5. The molecule has 2 rings (SSSR count). The maximum absolute atomic E-state index is 11.3. The van der Waals surface area contributed by atoms with Crippen molar-refractivity contribution in [3.63, 3.8) is 0 Å². The second kappa shape index (κ2) is 5.05. The Morgan fingerprint density at radius 3 is 3.06 bits per heavy atom. The first-order valence-electron chi connectivity index (χ1n) is 5.65. The number of sulfone groups is 1. The van der Waals surface area contributed by atoms with Crippen molar-refractivity contribution >= 4 is 9.84 Å². The molecule has 1 aliphatic heterocycles. The zero-order valence-electron chi connectivity index (χ0n) is 9.58. The molecule has 1 saturated heterocycles. The highest BCUT2D eigenvalue weighted by molar-refractivity contribution is 7.91. The molecule has 7 heteroatoms. The van der Waals surface area contributed by atoms with Crippen LogP contribution in [0.3, 0.4) is 0 Å². The minimum Gasteiger partial charge on any atom is -0.490 e. The highest BCUT2D eigenvalue weighted by Crippen LogP contribution is 2.19. The van der Waals surface area contributed by atoms with Crippen LogP contribution in [0.1, 0.15) is 6.42 Å². The molecule has 6 nitrogen and oxygen atoms in total. The Labute approximate surface area is 101 Å². The fraction of sp³-hybridized carbons (Fsp3) is 0.700. The van der Waals surface area contributed by atoms with E-state index in [9.17, 15) is 8.42 Å². The third kappa shape index (κ3) is 3.44. The van der Waals surface area contributed by atoms with Crippen LogP contribution in [0, 0.1) is 5.92 Å². The third-order valence-corrected chi connectivity index (χ3v) is 4.62. The molecule has 2 N–H and O–H groups in total. The van der Waals surface area contributed by atoms with Gasteiger partial charge in [-0.15, -0.1) is 0 Å². The first-order chi connectivity index (χ1) is 8.09. The van der Waals surface area contributed by atoms with Gasteiger partial charge in [0.05, 0.1) is 37.1 Å². The van der Waals surface area contributed by atoms with Crippen molar-refractivity contribution in [3.05, 3.63) is 12.4 Å². The van der Waals surface area contributed by atoms with Crippen molar-refractivity contribution in [2.24, 2.45) is 11.7 Å². The summed E-state index contributed by atoms with van der Waals surface area (Å²) in [5.41, 5.74) is 5.40. The largest absolute Gasteiger partial charge is 0.490 e. The third-order valence-electron chi connectivity index (χ3n) is 2.78. The minimum absolute atomic E-state index is 0.109. The Balaban J connectivity index is 1.82. The van der Waals surface area contributed by atoms with Crippen LogP contribution in [0.15, 0.2) is 12.4 Å². The molecule has 2 heterocycles. The highest BCUT2D eigenvalue weighted by atomic mass is 32.2. The molecular formula is C10H17N3O3S. The lowest BCUT2D eigenvalue weighted by atomic mass is 10.1. The standard InChI is InChI=1S/C10H17N3O3S/c11-2-3-13-6-10(5-12-13)16-7-9-1-4-17(14,15)8-9/h5-6,9H,1-4,7-8,11H2. The second-order valence-corrected chi connectivity index (χ2v) is 6.54. The Kier molecular flexibility index (Phi) is 3.68. The van der Waals surface area contributed by atoms with Crippen molar-refractivity contribution in [3.8, 4) is 5.75 Å². The van der Waals surface area contributed by atoms with E-state index in [1.807, 2.05) is 0 Å². The van der Waals surface area contributed by atoms with Crippen LogP contribution in [-0.4, -0.2) is 42.9 Å². The summed E-state index contributed by atoms with van der Waals surface area (Å²) in [5, 5.41) is 4.07. The van der Waals surface area contributed by atoms with Crippen LogP contribution in [-0.2, 0) is 16.4 Å². The van der Waals surface area contributed by atoms with Gasteiger partial charge in [0.15, 0.2) is 15.6 Å². The van der Waals surface area contributed by atoms with Crippen LogP contribution >= 0.6 is 0 Å². The smallest absolute Gasteiger partial charge is 0.157 e. The molecule has 0 aliphatic carbocycles. The fourth-order valence-corrected chi connectivity index (χ4v) is 3.73. The van der Waals surface area contributed by atoms with Crippen LogP contribution in [0.2, 0.25) is 0 Å². The van der Waals surface area contributed by atoms with E-state index >= 15 is 0 Å². The van der Waals surface area contributed by atoms with Crippen LogP contribution in [0.4, 0.5) is 0 Å². The number of hydrogen-bond donors (Lipinski definition) is 1. The van der Waals surface area contributed by atoms with Gasteiger partial charge in [0.2, 0.25) is 0 Å². The van der Waals surface area contributed by atoms with Gasteiger partial charge in [0, 0.05) is 12.5 Å². The summed E-state index contributed by atoms with van der Waals surface area (Å²) in [5.74, 6) is 1.30. The van der Waals surface area contributed by atoms with E-state index in [0.717, 1.165) is 0 Å². The molecule has 1 aromatic heterocycles. The summed E-state index contributed by atoms with van der Waals surface area (Å²) < 4.78 is 29.7. The first-order valence-corrected chi connectivity index (χ1v) is 7.47. The average molecular weight is 259 g/mol. The lowest BCUT2D eigenvalue weighted by molar-refractivity contribution is 0.263. The lowest BCUT2D eigenvalue weighted by Crippen LogP contribution is -2.13. The molecule has 1 unspecified atom stereocenters. The fourth-order valence-electron chi connectivity index (χ4n) is 1.89. The summed E-state index contributed by atoms with van der Waals surface area (Å²) in [4.78, 5) is 0. The topological polar surface area (TPSA) is 87.2 Å². The SMILES string of the molecule is NCCn1cc(OCC2CCS(=O)(=O)C2)cn1. The summed E-state index contributed by atoms with van der Waals surface area (Å²) in [6.07, 6.45) is 4.09. The zero-order valence-corrected chi connectivity index (χ0v) is 10.4. The summed E-state index contributed by atoms with van der Waals surface area (Å²) in [6.45, 7) is 1.62. The van der Waals surface area contributed by atoms with E-state index in [1.165, 1.54) is 0 Å². The number of nitrogens with zero attached hydrogens (tertiary/aromatic N) is 2. The molecular weight excluding hydrogens is 242 g/mol. The van der Waals surface area contributed by atoms with Crippen molar-refractivity contribution < 1.29 is 13.2 Å². The predicted molar refractivity (Wildman–Crippen MR) is 63.5 cm³/mol. The Morgan fingerprint density at radius 1 is 1.59 bits per heavy atom. The van der Waals surface area contributed by atoms with Crippen molar-refractivity contribution in [1.29, 1.82) is 0 Å². The van der Waals surface area contributed by atoms with Gasteiger partial charge in [-0.2, -0.15) is 5.10 Å². The molecule has 0 bridgehead atoms. The van der Waals surface area contributed by atoms with Crippen LogP contribution in [0.5, 0.6) is 5.75 Å². The van der Waals surface area contributed by atoms with E-state index in [2.05, 4.69) is 5.10 Å². The van der Waals surface area contributed by atoms with E-state index in [4.69, 9.17) is 10.5 Å². The maximum atomic E-state index is 11.3. The molecule has 0 radical (unpaired) electrons. The predicted octanol–water partition coefficient (Wildman–Crippen LogP) is -0.345. The molecule has 0 saturated carbocycles. The summed E-state index contributed by atoms with van der Waals surface area (Å²) >= 11 is 0. The number of nitrogens with two attached hydrogens (primary N) is 1. The van der Waals surface area contributed by atoms with E-state index in [-0.39, 0.29) is 17.4 Å². The second-order valence-electron chi connectivity index (χ2n) is 4.31. The molecule has 0 amide bonds. The zero-order chi connectivity index (χ0) is 12.3. The van der Waals surface area contributed by atoms with Gasteiger partial charge in [-0.3, -0.25) is 4.68 Å². The molecule has 0 aromatic carbocycles. The van der Waals surface area contributed by atoms with Crippen molar-refractivity contribution in [2.75, 3.05) is 24.7 Å². The maximum Gasteiger partial charge on any atom is 0.157 e. The Hall–Kier alpha value is -1.08. The van der Waals surface area contributed by atoms with Gasteiger partial charge >= 0.3 is 0 Å². The normalized spacial score (nSPS) is 22.8. The summed E-state index contributed by atoms with van der Waals surface area (Å²) in [7, 11) is -2.82. The quantitative estimate of drug-likeness (QED) is 0.781. The van der Waals surface area contributed by atoms with Crippen molar-refractivity contribution in [2.45, 2.75) is 13.0 Å². The molecule has 1 aliphatic rings. The minimum atomic E-state index is -2.82. The van der Waals surface area contributed by atoms with Gasteiger partial charge in [-0.05, 0) is 6.42 Å². The number of rotatable bonds is 5. The highest BCUT2D eigenvalue weighted by Gasteiger charge is 2.28. The average Bonchev–Trinajstić information content (AvgIpc) is 2.83. The Bertz CT molecular complexity index is 469. The lowest BCUT2D eigenvalue weighted by Gasteiger charge is -2.07. The molecule has 1 fully saturated rings.